The fourth-order valence-corrected chi connectivity index (χ4v) is 3.41. The molecular formula is C14H25NO2. The van der Waals surface area contributed by atoms with Gasteiger partial charge in [0.2, 0.25) is 0 Å². The molecule has 1 spiro atoms. The van der Waals surface area contributed by atoms with Gasteiger partial charge < -0.3 is 10.1 Å². The molecule has 2 aliphatic rings. The highest BCUT2D eigenvalue weighted by molar-refractivity contribution is 5.69. The molecule has 17 heavy (non-hydrogen) atoms. The van der Waals surface area contributed by atoms with Gasteiger partial charge in [-0.05, 0) is 63.3 Å². The lowest BCUT2D eigenvalue weighted by atomic mass is 9.66. The lowest BCUT2D eigenvalue weighted by Gasteiger charge is -2.43. The monoisotopic (exact) mass is 239 g/mol. The summed E-state index contributed by atoms with van der Waals surface area (Å²) in [4.78, 5) is 11.4. The third-order valence-electron chi connectivity index (χ3n) is 4.49. The number of ether oxygens (including phenoxy) is 1. The van der Waals surface area contributed by atoms with Crippen LogP contribution in [0.2, 0.25) is 0 Å². The molecule has 0 amide bonds. The third kappa shape index (κ3) is 3.44. The predicted octanol–water partition coefficient (Wildman–Crippen LogP) is 2.50. The van der Waals surface area contributed by atoms with Crippen LogP contribution in [0.3, 0.4) is 0 Å². The highest BCUT2D eigenvalue weighted by Gasteiger charge is 2.36. The van der Waals surface area contributed by atoms with Crippen LogP contribution in [-0.4, -0.2) is 25.7 Å². The van der Waals surface area contributed by atoms with Crippen molar-refractivity contribution < 1.29 is 9.53 Å². The Morgan fingerprint density at radius 1 is 1.35 bits per heavy atom. The molecule has 0 aromatic carbocycles. The first-order valence-electron chi connectivity index (χ1n) is 7.10. The van der Waals surface area contributed by atoms with Gasteiger partial charge in [0.15, 0.2) is 0 Å². The van der Waals surface area contributed by atoms with E-state index in [1.54, 1.807) is 0 Å². The Labute approximate surface area is 104 Å². The minimum Gasteiger partial charge on any atom is -0.466 e. The van der Waals surface area contributed by atoms with E-state index >= 15 is 0 Å². The van der Waals surface area contributed by atoms with Gasteiger partial charge in [-0.15, -0.1) is 0 Å². The standard InChI is InChI=1S/C14H25NO2/c1-2-17-13(16)10-12-4-7-14(8-5-12)6-3-9-15-11-14/h12,15H,2-11H2,1H3. The Hall–Kier alpha value is -0.570. The Kier molecular flexibility index (Phi) is 4.43. The van der Waals surface area contributed by atoms with Crippen molar-refractivity contribution in [2.45, 2.75) is 51.9 Å². The Morgan fingerprint density at radius 2 is 2.12 bits per heavy atom. The van der Waals surface area contributed by atoms with Crippen molar-refractivity contribution in [3.05, 3.63) is 0 Å². The number of nitrogens with one attached hydrogen (secondary N) is 1. The number of carbonyl (C=O) groups is 1. The van der Waals surface area contributed by atoms with Crippen LogP contribution in [-0.2, 0) is 9.53 Å². The van der Waals surface area contributed by atoms with E-state index in [1.165, 1.54) is 51.6 Å². The lowest BCUT2D eigenvalue weighted by molar-refractivity contribution is -0.144. The van der Waals surface area contributed by atoms with E-state index in [0.717, 1.165) is 0 Å². The van der Waals surface area contributed by atoms with Crippen molar-refractivity contribution in [2.75, 3.05) is 19.7 Å². The second-order valence-electron chi connectivity index (χ2n) is 5.73. The lowest BCUT2D eigenvalue weighted by Crippen LogP contribution is -2.42. The van der Waals surface area contributed by atoms with Crippen molar-refractivity contribution in [2.24, 2.45) is 11.3 Å². The van der Waals surface area contributed by atoms with E-state index in [0.29, 0.717) is 24.4 Å². The summed E-state index contributed by atoms with van der Waals surface area (Å²) in [5.74, 6) is 0.567. The molecule has 98 valence electrons. The molecule has 0 radical (unpaired) electrons. The first-order valence-corrected chi connectivity index (χ1v) is 7.10. The SMILES string of the molecule is CCOC(=O)CC1CCC2(CCCNC2)CC1. The molecule has 1 aliphatic heterocycles. The molecule has 0 bridgehead atoms. The quantitative estimate of drug-likeness (QED) is 0.769. The summed E-state index contributed by atoms with van der Waals surface area (Å²) in [7, 11) is 0. The van der Waals surface area contributed by atoms with Gasteiger partial charge in [0.1, 0.15) is 0 Å². The van der Waals surface area contributed by atoms with Crippen LogP contribution in [0.1, 0.15) is 51.9 Å². The minimum absolute atomic E-state index is 0.00443. The number of rotatable bonds is 3. The first-order chi connectivity index (χ1) is 8.24. The zero-order valence-corrected chi connectivity index (χ0v) is 11.0. The van der Waals surface area contributed by atoms with Crippen LogP contribution in [0.15, 0.2) is 0 Å². The average molecular weight is 239 g/mol. The Balaban J connectivity index is 1.75. The normalized spacial score (nSPS) is 33.6. The Morgan fingerprint density at radius 3 is 2.71 bits per heavy atom. The van der Waals surface area contributed by atoms with E-state index in [4.69, 9.17) is 4.74 Å². The van der Waals surface area contributed by atoms with Gasteiger partial charge in [-0.1, -0.05) is 0 Å². The molecule has 3 nitrogen and oxygen atoms in total. The minimum atomic E-state index is -0.00443. The number of hydrogen-bond acceptors (Lipinski definition) is 3. The molecule has 1 N–H and O–H groups in total. The van der Waals surface area contributed by atoms with Crippen molar-refractivity contribution in [1.29, 1.82) is 0 Å². The molecule has 1 saturated carbocycles. The summed E-state index contributed by atoms with van der Waals surface area (Å²) < 4.78 is 5.03. The molecular weight excluding hydrogens is 214 g/mol. The van der Waals surface area contributed by atoms with Crippen molar-refractivity contribution in [3.63, 3.8) is 0 Å². The molecule has 2 rings (SSSR count). The summed E-state index contributed by atoms with van der Waals surface area (Å²) in [5.41, 5.74) is 0.559. The number of esters is 1. The second kappa shape index (κ2) is 5.85. The fraction of sp³-hybridized carbons (Fsp3) is 0.929. The number of piperidine rings is 1. The van der Waals surface area contributed by atoms with E-state index in [1.807, 2.05) is 6.92 Å². The van der Waals surface area contributed by atoms with Crippen molar-refractivity contribution >= 4 is 5.97 Å². The van der Waals surface area contributed by atoms with E-state index in [9.17, 15) is 4.79 Å². The molecule has 1 aliphatic carbocycles. The van der Waals surface area contributed by atoms with Crippen LogP contribution in [0.4, 0.5) is 0 Å². The molecule has 1 heterocycles. The maximum atomic E-state index is 11.4. The highest BCUT2D eigenvalue weighted by atomic mass is 16.5. The fourth-order valence-electron chi connectivity index (χ4n) is 3.41. The molecule has 0 aromatic heterocycles. The van der Waals surface area contributed by atoms with Gasteiger partial charge in [0, 0.05) is 13.0 Å². The van der Waals surface area contributed by atoms with E-state index in [-0.39, 0.29) is 5.97 Å². The first kappa shape index (κ1) is 12.9. The summed E-state index contributed by atoms with van der Waals surface area (Å²) >= 11 is 0. The molecule has 0 aromatic rings. The van der Waals surface area contributed by atoms with Crippen LogP contribution >= 0.6 is 0 Å². The smallest absolute Gasteiger partial charge is 0.306 e. The summed E-state index contributed by atoms with van der Waals surface area (Å²) in [6, 6.07) is 0. The van der Waals surface area contributed by atoms with Crippen molar-refractivity contribution in [1.82, 2.24) is 5.32 Å². The summed E-state index contributed by atoms with van der Waals surface area (Å²) in [6.45, 7) is 4.77. The molecule has 0 atom stereocenters. The van der Waals surface area contributed by atoms with E-state index < -0.39 is 0 Å². The molecule has 3 heteroatoms. The largest absolute Gasteiger partial charge is 0.466 e. The third-order valence-corrected chi connectivity index (χ3v) is 4.49. The zero-order chi connectivity index (χ0) is 12.1. The van der Waals surface area contributed by atoms with E-state index in [2.05, 4.69) is 5.32 Å². The van der Waals surface area contributed by atoms with Gasteiger partial charge in [-0.25, -0.2) is 0 Å². The average Bonchev–Trinajstić information content (AvgIpc) is 2.34. The maximum Gasteiger partial charge on any atom is 0.306 e. The van der Waals surface area contributed by atoms with Gasteiger partial charge in [-0.3, -0.25) is 4.79 Å². The molecule has 1 saturated heterocycles. The maximum absolute atomic E-state index is 11.4. The van der Waals surface area contributed by atoms with Crippen LogP contribution in [0.25, 0.3) is 0 Å². The van der Waals surface area contributed by atoms with Gasteiger partial charge in [0.25, 0.3) is 0 Å². The molecule has 0 unspecified atom stereocenters. The van der Waals surface area contributed by atoms with Crippen LogP contribution in [0, 0.1) is 11.3 Å². The van der Waals surface area contributed by atoms with Gasteiger partial charge in [0.05, 0.1) is 6.61 Å². The molecule has 2 fully saturated rings. The van der Waals surface area contributed by atoms with Gasteiger partial charge in [-0.2, -0.15) is 0 Å². The summed E-state index contributed by atoms with van der Waals surface area (Å²) in [6.07, 6.45) is 8.35. The van der Waals surface area contributed by atoms with Crippen LogP contribution < -0.4 is 5.32 Å². The second-order valence-corrected chi connectivity index (χ2v) is 5.73. The summed E-state index contributed by atoms with van der Waals surface area (Å²) in [5, 5.41) is 3.53. The zero-order valence-electron chi connectivity index (χ0n) is 11.0. The topological polar surface area (TPSA) is 38.3 Å². The van der Waals surface area contributed by atoms with Crippen molar-refractivity contribution in [3.8, 4) is 0 Å². The Bertz CT molecular complexity index is 249. The van der Waals surface area contributed by atoms with Crippen LogP contribution in [0.5, 0.6) is 0 Å². The number of hydrogen-bond donors (Lipinski definition) is 1. The predicted molar refractivity (Wildman–Crippen MR) is 67.7 cm³/mol. The number of carbonyl (C=O) groups excluding carboxylic acids is 1. The van der Waals surface area contributed by atoms with Gasteiger partial charge >= 0.3 is 5.97 Å². The highest BCUT2D eigenvalue weighted by Crippen LogP contribution is 2.44.